The Morgan fingerprint density at radius 1 is 1.25 bits per heavy atom. The molecule has 4 heteroatoms. The molecule has 110 valence electrons. The molecule has 1 aromatic carbocycles. The first-order valence-electron chi connectivity index (χ1n) is 7.24. The lowest BCUT2D eigenvalue weighted by Crippen LogP contribution is -2.57. The zero-order valence-electron chi connectivity index (χ0n) is 12.2. The molecule has 1 aromatic rings. The van der Waals surface area contributed by atoms with Gasteiger partial charge in [0.1, 0.15) is 0 Å². The molecule has 3 heterocycles. The summed E-state index contributed by atoms with van der Waals surface area (Å²) in [5.74, 6) is 0.777. The average molecular weight is 295 g/mol. The summed E-state index contributed by atoms with van der Waals surface area (Å²) >= 11 is 0. The number of carbonyl (C=O) groups is 1. The van der Waals surface area contributed by atoms with E-state index < -0.39 is 0 Å². The molecule has 0 radical (unpaired) electrons. The molecule has 1 N–H and O–H groups in total. The first-order valence-corrected chi connectivity index (χ1v) is 7.24. The van der Waals surface area contributed by atoms with Gasteiger partial charge in [-0.3, -0.25) is 4.79 Å². The van der Waals surface area contributed by atoms with Gasteiger partial charge in [0.2, 0.25) is 0 Å². The van der Waals surface area contributed by atoms with E-state index in [-0.39, 0.29) is 18.3 Å². The number of nitrogens with zero attached hydrogens (tertiary/aromatic N) is 1. The second-order valence-electron chi connectivity index (χ2n) is 5.97. The Kier molecular flexibility index (Phi) is 4.71. The lowest BCUT2D eigenvalue weighted by Gasteiger charge is -2.45. The Labute approximate surface area is 127 Å². The third kappa shape index (κ3) is 2.84. The van der Waals surface area contributed by atoms with E-state index in [1.807, 2.05) is 19.1 Å². The monoisotopic (exact) mass is 294 g/mol. The van der Waals surface area contributed by atoms with Crippen molar-refractivity contribution in [3.63, 3.8) is 0 Å². The van der Waals surface area contributed by atoms with E-state index in [0.717, 1.165) is 17.7 Å². The summed E-state index contributed by atoms with van der Waals surface area (Å²) in [5.41, 5.74) is 3.11. The standard InChI is InChI=1S/C16H22N2O.ClH/c1-11-4-3-5-14(12(11)2)16(19)17-15-10-18-8-6-13(15)7-9-18;/h3-5,13,15H,6-10H2,1-2H3,(H,17,19);1H/t15-;/m1./s1. The largest absolute Gasteiger partial charge is 0.348 e. The predicted molar refractivity (Wildman–Crippen MR) is 83.6 cm³/mol. The van der Waals surface area contributed by atoms with E-state index in [4.69, 9.17) is 0 Å². The summed E-state index contributed by atoms with van der Waals surface area (Å²) in [5, 5.41) is 3.25. The van der Waals surface area contributed by atoms with Crippen molar-refractivity contribution < 1.29 is 4.79 Å². The highest BCUT2D eigenvalue weighted by Gasteiger charge is 2.35. The molecule has 0 unspecified atom stereocenters. The number of benzene rings is 1. The number of halogens is 1. The summed E-state index contributed by atoms with van der Waals surface area (Å²) in [6.07, 6.45) is 2.47. The van der Waals surface area contributed by atoms with E-state index in [1.165, 1.54) is 31.5 Å². The van der Waals surface area contributed by atoms with Crippen molar-refractivity contribution in [2.24, 2.45) is 5.92 Å². The van der Waals surface area contributed by atoms with E-state index in [1.54, 1.807) is 0 Å². The molecule has 2 bridgehead atoms. The van der Waals surface area contributed by atoms with Gasteiger partial charge in [0.25, 0.3) is 5.91 Å². The van der Waals surface area contributed by atoms with Crippen molar-refractivity contribution in [3.8, 4) is 0 Å². The van der Waals surface area contributed by atoms with Crippen LogP contribution in [0.3, 0.4) is 0 Å². The quantitative estimate of drug-likeness (QED) is 0.909. The Morgan fingerprint density at radius 3 is 2.55 bits per heavy atom. The van der Waals surface area contributed by atoms with Gasteiger partial charge >= 0.3 is 0 Å². The van der Waals surface area contributed by atoms with Crippen LogP contribution in [-0.2, 0) is 0 Å². The Morgan fingerprint density at radius 2 is 1.95 bits per heavy atom. The van der Waals surface area contributed by atoms with Gasteiger partial charge in [-0.15, -0.1) is 12.4 Å². The van der Waals surface area contributed by atoms with Crippen LogP contribution in [0.1, 0.15) is 34.3 Å². The molecule has 3 nitrogen and oxygen atoms in total. The molecule has 0 saturated carbocycles. The normalized spacial score (nSPS) is 27.8. The van der Waals surface area contributed by atoms with Gasteiger partial charge in [-0.1, -0.05) is 12.1 Å². The zero-order valence-corrected chi connectivity index (χ0v) is 13.0. The molecule has 3 aliphatic heterocycles. The fourth-order valence-electron chi connectivity index (χ4n) is 3.37. The minimum Gasteiger partial charge on any atom is -0.348 e. The van der Waals surface area contributed by atoms with Gasteiger partial charge in [0.15, 0.2) is 0 Å². The number of piperidine rings is 3. The van der Waals surface area contributed by atoms with E-state index >= 15 is 0 Å². The van der Waals surface area contributed by atoms with E-state index in [9.17, 15) is 4.79 Å². The Balaban J connectivity index is 0.00000147. The number of nitrogens with one attached hydrogen (secondary N) is 1. The maximum atomic E-state index is 12.4. The molecule has 4 rings (SSSR count). The predicted octanol–water partition coefficient (Wildman–Crippen LogP) is 2.55. The van der Waals surface area contributed by atoms with Crippen molar-refractivity contribution in [2.45, 2.75) is 32.7 Å². The number of carbonyl (C=O) groups excluding carboxylic acids is 1. The van der Waals surface area contributed by atoms with Crippen molar-refractivity contribution in [1.82, 2.24) is 10.2 Å². The van der Waals surface area contributed by atoms with Crippen LogP contribution in [0, 0.1) is 19.8 Å². The van der Waals surface area contributed by atoms with Crippen LogP contribution in [-0.4, -0.2) is 36.5 Å². The average Bonchev–Trinajstić information content (AvgIpc) is 2.43. The SMILES string of the molecule is Cc1cccc(C(=O)N[C@@H]2CN3CCC2CC3)c1C.Cl. The second kappa shape index (κ2) is 6.15. The highest BCUT2D eigenvalue weighted by molar-refractivity contribution is 5.96. The summed E-state index contributed by atoms with van der Waals surface area (Å²) in [7, 11) is 0. The lowest BCUT2D eigenvalue weighted by molar-refractivity contribution is 0.0620. The number of hydrogen-bond acceptors (Lipinski definition) is 2. The van der Waals surface area contributed by atoms with Crippen LogP contribution < -0.4 is 5.32 Å². The molecule has 0 aromatic heterocycles. The maximum absolute atomic E-state index is 12.4. The van der Waals surface area contributed by atoms with Crippen LogP contribution in [0.15, 0.2) is 18.2 Å². The van der Waals surface area contributed by atoms with Crippen molar-refractivity contribution >= 4 is 18.3 Å². The molecule has 1 amide bonds. The summed E-state index contributed by atoms with van der Waals surface area (Å²) in [6, 6.07) is 6.29. The lowest BCUT2D eigenvalue weighted by atomic mass is 9.84. The van der Waals surface area contributed by atoms with Crippen LogP contribution in [0.2, 0.25) is 0 Å². The van der Waals surface area contributed by atoms with Crippen molar-refractivity contribution in [3.05, 3.63) is 34.9 Å². The van der Waals surface area contributed by atoms with Crippen LogP contribution in [0.4, 0.5) is 0 Å². The topological polar surface area (TPSA) is 32.3 Å². The molecular weight excluding hydrogens is 272 g/mol. The minimum absolute atomic E-state index is 0. The fourth-order valence-corrected chi connectivity index (χ4v) is 3.37. The number of aryl methyl sites for hydroxylation is 1. The number of fused-ring (bicyclic) bond motifs is 3. The molecule has 1 atom stereocenters. The number of rotatable bonds is 2. The summed E-state index contributed by atoms with van der Waals surface area (Å²) < 4.78 is 0. The van der Waals surface area contributed by atoms with Crippen LogP contribution in [0.25, 0.3) is 0 Å². The molecule has 3 saturated heterocycles. The van der Waals surface area contributed by atoms with E-state index in [0.29, 0.717) is 12.0 Å². The van der Waals surface area contributed by atoms with Gasteiger partial charge < -0.3 is 10.2 Å². The molecule has 0 aliphatic carbocycles. The molecule has 3 aliphatic rings. The number of amides is 1. The first kappa shape index (κ1) is 15.3. The van der Waals surface area contributed by atoms with Gasteiger partial charge in [0, 0.05) is 18.2 Å². The van der Waals surface area contributed by atoms with Gasteiger partial charge in [-0.05, 0) is 62.9 Å². The van der Waals surface area contributed by atoms with Crippen molar-refractivity contribution in [2.75, 3.05) is 19.6 Å². The smallest absolute Gasteiger partial charge is 0.251 e. The van der Waals surface area contributed by atoms with Gasteiger partial charge in [-0.25, -0.2) is 0 Å². The molecular formula is C16H23ClN2O. The molecule has 0 spiro atoms. The Bertz CT molecular complexity index is 495. The Hall–Kier alpha value is -1.06. The highest BCUT2D eigenvalue weighted by atomic mass is 35.5. The van der Waals surface area contributed by atoms with Gasteiger partial charge in [-0.2, -0.15) is 0 Å². The second-order valence-corrected chi connectivity index (χ2v) is 5.97. The zero-order chi connectivity index (χ0) is 13.4. The fraction of sp³-hybridized carbons (Fsp3) is 0.562. The molecule has 3 fully saturated rings. The van der Waals surface area contributed by atoms with Gasteiger partial charge in [0.05, 0.1) is 0 Å². The van der Waals surface area contributed by atoms with Crippen LogP contribution in [0.5, 0.6) is 0 Å². The van der Waals surface area contributed by atoms with E-state index in [2.05, 4.69) is 23.2 Å². The third-order valence-electron chi connectivity index (χ3n) is 4.82. The maximum Gasteiger partial charge on any atom is 0.251 e. The highest BCUT2D eigenvalue weighted by Crippen LogP contribution is 2.27. The summed E-state index contributed by atoms with van der Waals surface area (Å²) in [4.78, 5) is 14.9. The molecule has 20 heavy (non-hydrogen) atoms. The minimum atomic E-state index is 0. The van der Waals surface area contributed by atoms with Crippen LogP contribution >= 0.6 is 12.4 Å². The van der Waals surface area contributed by atoms with Crippen molar-refractivity contribution in [1.29, 1.82) is 0 Å². The third-order valence-corrected chi connectivity index (χ3v) is 4.82. The summed E-state index contributed by atoms with van der Waals surface area (Å²) in [6.45, 7) is 7.53. The number of hydrogen-bond donors (Lipinski definition) is 1. The first-order chi connectivity index (χ1) is 9.15.